The Balaban J connectivity index is 1.28. The van der Waals surface area contributed by atoms with Crippen LogP contribution in [0.15, 0.2) is 54.6 Å². The van der Waals surface area contributed by atoms with Crippen LogP contribution in [-0.2, 0) is 4.79 Å². The summed E-state index contributed by atoms with van der Waals surface area (Å²) in [4.78, 5) is 44.3. The number of rotatable bonds is 4. The summed E-state index contributed by atoms with van der Waals surface area (Å²) in [6, 6.07) is 15.3. The molecular formula is C23H24ClN5O3. The zero-order valence-corrected chi connectivity index (χ0v) is 18.4. The van der Waals surface area contributed by atoms with Gasteiger partial charge < -0.3 is 25.4 Å². The van der Waals surface area contributed by atoms with E-state index in [2.05, 4.69) is 15.6 Å². The molecule has 1 saturated heterocycles. The average molecular weight is 454 g/mol. The van der Waals surface area contributed by atoms with Crippen molar-refractivity contribution >= 4 is 46.0 Å². The van der Waals surface area contributed by atoms with Crippen LogP contribution in [0.5, 0.6) is 0 Å². The second kappa shape index (κ2) is 9.32. The van der Waals surface area contributed by atoms with Gasteiger partial charge in [-0.25, -0.2) is 4.79 Å². The van der Waals surface area contributed by atoms with Crippen LogP contribution in [0, 0.1) is 0 Å². The molecule has 4 amide bonds. The Morgan fingerprint density at radius 2 is 1.69 bits per heavy atom. The van der Waals surface area contributed by atoms with E-state index in [4.69, 9.17) is 11.6 Å². The summed E-state index contributed by atoms with van der Waals surface area (Å²) in [7, 11) is 0. The molecule has 0 unspecified atom stereocenters. The Morgan fingerprint density at radius 3 is 2.41 bits per heavy atom. The number of urea groups is 1. The van der Waals surface area contributed by atoms with Crippen LogP contribution in [0.3, 0.4) is 0 Å². The molecule has 32 heavy (non-hydrogen) atoms. The maximum Gasteiger partial charge on any atom is 0.318 e. The molecule has 8 nitrogen and oxygen atoms in total. The van der Waals surface area contributed by atoms with Crippen molar-refractivity contribution in [1.82, 2.24) is 20.1 Å². The highest BCUT2D eigenvalue weighted by Crippen LogP contribution is 2.17. The number of halogens is 1. The fraction of sp³-hybridized carbons (Fsp3) is 0.261. The number of amides is 4. The Morgan fingerprint density at radius 1 is 0.969 bits per heavy atom. The van der Waals surface area contributed by atoms with Crippen molar-refractivity contribution in [3.05, 3.63) is 65.3 Å². The van der Waals surface area contributed by atoms with E-state index < -0.39 is 6.04 Å². The predicted octanol–water partition coefficient (Wildman–Crippen LogP) is 3.32. The third-order valence-corrected chi connectivity index (χ3v) is 5.67. The minimum Gasteiger partial charge on any atom is -0.351 e. The van der Waals surface area contributed by atoms with Crippen LogP contribution in [0.2, 0.25) is 5.02 Å². The Kier molecular flexibility index (Phi) is 6.32. The van der Waals surface area contributed by atoms with Crippen LogP contribution in [0.25, 0.3) is 10.9 Å². The lowest BCUT2D eigenvalue weighted by Crippen LogP contribution is -2.55. The lowest BCUT2D eigenvalue weighted by molar-refractivity contribution is -0.117. The van der Waals surface area contributed by atoms with Crippen molar-refractivity contribution in [2.24, 2.45) is 0 Å². The molecular weight excluding hydrogens is 430 g/mol. The Bertz CT molecular complexity index is 1120. The monoisotopic (exact) mass is 453 g/mol. The number of aromatic nitrogens is 1. The molecule has 1 aromatic heterocycles. The van der Waals surface area contributed by atoms with E-state index >= 15 is 0 Å². The average Bonchev–Trinajstić information content (AvgIpc) is 3.23. The maximum atomic E-state index is 12.8. The van der Waals surface area contributed by atoms with Crippen molar-refractivity contribution < 1.29 is 14.4 Å². The van der Waals surface area contributed by atoms with Gasteiger partial charge in [-0.05, 0) is 37.3 Å². The number of para-hydroxylation sites is 1. The summed E-state index contributed by atoms with van der Waals surface area (Å²) in [5.41, 5.74) is 2.02. The summed E-state index contributed by atoms with van der Waals surface area (Å²) in [6.07, 6.45) is 0. The molecule has 0 aliphatic carbocycles. The van der Waals surface area contributed by atoms with E-state index in [9.17, 15) is 14.4 Å². The zero-order valence-electron chi connectivity index (χ0n) is 17.6. The minimum absolute atomic E-state index is 0.0875. The van der Waals surface area contributed by atoms with Crippen LogP contribution < -0.4 is 10.6 Å². The van der Waals surface area contributed by atoms with Crippen LogP contribution >= 0.6 is 11.6 Å². The lowest BCUT2D eigenvalue weighted by Gasteiger charge is -2.35. The number of hydrogen-bond acceptors (Lipinski definition) is 3. The number of benzene rings is 2. The van der Waals surface area contributed by atoms with Crippen molar-refractivity contribution in [3.63, 3.8) is 0 Å². The molecule has 1 aliphatic heterocycles. The van der Waals surface area contributed by atoms with Gasteiger partial charge in [0.25, 0.3) is 5.91 Å². The van der Waals surface area contributed by atoms with Gasteiger partial charge in [-0.2, -0.15) is 0 Å². The second-order valence-corrected chi connectivity index (χ2v) is 8.16. The minimum atomic E-state index is -0.729. The number of aromatic amines is 1. The molecule has 2 heterocycles. The van der Waals surface area contributed by atoms with Gasteiger partial charge in [0.1, 0.15) is 11.7 Å². The van der Waals surface area contributed by atoms with Crippen molar-refractivity contribution in [3.8, 4) is 0 Å². The Hall–Kier alpha value is -3.52. The SMILES string of the molecule is C[C@H](NC(=O)N1CCN(C(=O)c2cc3ccccc3[nH]2)CC1)C(=O)Nc1cccc(Cl)c1. The first-order chi connectivity index (χ1) is 15.4. The molecule has 2 aromatic carbocycles. The van der Waals surface area contributed by atoms with Gasteiger partial charge in [0.05, 0.1) is 0 Å². The third kappa shape index (κ3) is 4.86. The van der Waals surface area contributed by atoms with E-state index in [0.717, 1.165) is 10.9 Å². The van der Waals surface area contributed by atoms with E-state index in [1.165, 1.54) is 0 Å². The fourth-order valence-electron chi connectivity index (χ4n) is 3.63. The molecule has 1 fully saturated rings. The number of carbonyl (C=O) groups excluding carboxylic acids is 3. The van der Waals surface area contributed by atoms with Crippen LogP contribution in [0.4, 0.5) is 10.5 Å². The van der Waals surface area contributed by atoms with Gasteiger partial charge in [0, 0.05) is 47.8 Å². The summed E-state index contributed by atoms with van der Waals surface area (Å²) in [6.45, 7) is 3.24. The predicted molar refractivity (Wildman–Crippen MR) is 124 cm³/mol. The molecule has 1 aliphatic rings. The van der Waals surface area contributed by atoms with Gasteiger partial charge in [0.15, 0.2) is 0 Å². The number of piperazine rings is 1. The number of nitrogens with one attached hydrogen (secondary N) is 3. The molecule has 0 spiro atoms. The second-order valence-electron chi connectivity index (χ2n) is 7.72. The number of nitrogens with zero attached hydrogens (tertiary/aromatic N) is 2. The number of hydrogen-bond donors (Lipinski definition) is 3. The van der Waals surface area contributed by atoms with Crippen LogP contribution in [-0.4, -0.2) is 64.9 Å². The largest absolute Gasteiger partial charge is 0.351 e. The standard InChI is InChI=1S/C23H24ClN5O3/c1-15(21(30)26-18-7-4-6-17(24)14-18)25-23(32)29-11-9-28(10-12-29)22(31)20-13-16-5-2-3-8-19(16)27-20/h2-8,13-15,27H,9-12H2,1H3,(H,25,32)(H,26,30)/t15-/m0/s1. The number of carbonyl (C=O) groups is 3. The highest BCUT2D eigenvalue weighted by atomic mass is 35.5. The molecule has 0 bridgehead atoms. The normalized spacial score (nSPS) is 14.8. The van der Waals surface area contributed by atoms with E-state index in [1.807, 2.05) is 30.3 Å². The molecule has 0 radical (unpaired) electrons. The van der Waals surface area contributed by atoms with E-state index in [1.54, 1.807) is 41.0 Å². The first kappa shape index (κ1) is 21.7. The topological polar surface area (TPSA) is 97.5 Å². The van der Waals surface area contributed by atoms with E-state index in [-0.39, 0.29) is 17.8 Å². The number of fused-ring (bicyclic) bond motifs is 1. The van der Waals surface area contributed by atoms with Crippen LogP contribution in [0.1, 0.15) is 17.4 Å². The summed E-state index contributed by atoms with van der Waals surface area (Å²) in [5.74, 6) is -0.427. The van der Waals surface area contributed by atoms with Gasteiger partial charge >= 0.3 is 6.03 Å². The van der Waals surface area contributed by atoms with Gasteiger partial charge in [-0.1, -0.05) is 35.9 Å². The number of anilines is 1. The fourth-order valence-corrected chi connectivity index (χ4v) is 3.82. The molecule has 0 saturated carbocycles. The molecule has 3 N–H and O–H groups in total. The number of H-pyrrole nitrogens is 1. The van der Waals surface area contributed by atoms with Gasteiger partial charge in [-0.15, -0.1) is 0 Å². The van der Waals surface area contributed by atoms with E-state index in [0.29, 0.717) is 42.6 Å². The third-order valence-electron chi connectivity index (χ3n) is 5.44. The molecule has 4 rings (SSSR count). The first-order valence-electron chi connectivity index (χ1n) is 10.4. The zero-order chi connectivity index (χ0) is 22.7. The van der Waals surface area contributed by atoms with Crippen molar-refractivity contribution in [2.75, 3.05) is 31.5 Å². The Labute approximate surface area is 190 Å². The molecule has 3 aromatic rings. The van der Waals surface area contributed by atoms with Crippen molar-refractivity contribution in [2.45, 2.75) is 13.0 Å². The van der Waals surface area contributed by atoms with Gasteiger partial charge in [0.2, 0.25) is 5.91 Å². The smallest absolute Gasteiger partial charge is 0.318 e. The quantitative estimate of drug-likeness (QED) is 0.565. The summed E-state index contributed by atoms with van der Waals surface area (Å²) >= 11 is 5.93. The summed E-state index contributed by atoms with van der Waals surface area (Å²) in [5, 5.41) is 6.94. The first-order valence-corrected chi connectivity index (χ1v) is 10.8. The van der Waals surface area contributed by atoms with Crippen molar-refractivity contribution in [1.29, 1.82) is 0 Å². The molecule has 9 heteroatoms. The highest BCUT2D eigenvalue weighted by molar-refractivity contribution is 6.30. The molecule has 1 atom stereocenters. The summed E-state index contributed by atoms with van der Waals surface area (Å²) < 4.78 is 0. The lowest BCUT2D eigenvalue weighted by atomic mass is 10.2. The maximum absolute atomic E-state index is 12.8. The highest BCUT2D eigenvalue weighted by Gasteiger charge is 2.27. The van der Waals surface area contributed by atoms with Gasteiger partial charge in [-0.3, -0.25) is 9.59 Å². The molecule has 166 valence electrons.